The minimum atomic E-state index is -0.900. The Balaban J connectivity index is 1.84. The molecular formula is C15H17NO4. The Hall–Kier alpha value is -2.30. The lowest BCUT2D eigenvalue weighted by molar-refractivity contribution is -0.142. The van der Waals surface area contributed by atoms with E-state index in [4.69, 9.17) is 9.84 Å². The summed E-state index contributed by atoms with van der Waals surface area (Å²) in [6, 6.07) is 8.91. The average molecular weight is 275 g/mol. The Labute approximate surface area is 117 Å². The van der Waals surface area contributed by atoms with Crippen LogP contribution in [0.25, 0.3) is 0 Å². The van der Waals surface area contributed by atoms with E-state index in [9.17, 15) is 9.59 Å². The summed E-state index contributed by atoms with van der Waals surface area (Å²) in [5.41, 5.74) is 0.890. The predicted octanol–water partition coefficient (Wildman–Crippen LogP) is 2.33. The maximum absolute atomic E-state index is 11.7. The van der Waals surface area contributed by atoms with Crippen molar-refractivity contribution in [3.8, 4) is 0 Å². The van der Waals surface area contributed by atoms with Crippen LogP contribution in [0, 0.1) is 5.92 Å². The van der Waals surface area contributed by atoms with E-state index in [1.165, 1.54) is 0 Å². The molecule has 0 saturated heterocycles. The molecule has 2 rings (SSSR count). The lowest BCUT2D eigenvalue weighted by Gasteiger charge is -2.25. The first-order chi connectivity index (χ1) is 9.66. The molecule has 1 aromatic rings. The summed E-state index contributed by atoms with van der Waals surface area (Å²) in [6.45, 7) is 0.174. The Morgan fingerprint density at radius 3 is 2.60 bits per heavy atom. The van der Waals surface area contributed by atoms with Crippen molar-refractivity contribution in [2.75, 3.05) is 0 Å². The van der Waals surface area contributed by atoms with E-state index >= 15 is 0 Å². The van der Waals surface area contributed by atoms with Gasteiger partial charge in [0.15, 0.2) is 0 Å². The molecule has 1 aromatic carbocycles. The van der Waals surface area contributed by atoms with Gasteiger partial charge >= 0.3 is 12.1 Å². The summed E-state index contributed by atoms with van der Waals surface area (Å²) < 4.78 is 5.09. The van der Waals surface area contributed by atoms with Gasteiger partial charge in [-0.05, 0) is 18.4 Å². The highest BCUT2D eigenvalue weighted by Gasteiger charge is 2.30. The van der Waals surface area contributed by atoms with Crippen LogP contribution in [0.1, 0.15) is 18.4 Å². The number of benzene rings is 1. The molecule has 0 radical (unpaired) electrons. The molecule has 0 fully saturated rings. The van der Waals surface area contributed by atoms with E-state index in [0.717, 1.165) is 5.56 Å². The van der Waals surface area contributed by atoms with E-state index in [-0.39, 0.29) is 6.61 Å². The molecule has 0 aliphatic heterocycles. The Morgan fingerprint density at radius 1 is 1.20 bits per heavy atom. The van der Waals surface area contributed by atoms with Crippen LogP contribution in [0.5, 0.6) is 0 Å². The average Bonchev–Trinajstić information content (AvgIpc) is 2.46. The van der Waals surface area contributed by atoms with Gasteiger partial charge in [-0.2, -0.15) is 0 Å². The number of ether oxygens (including phenoxy) is 1. The fraction of sp³-hybridized carbons (Fsp3) is 0.333. The van der Waals surface area contributed by atoms with Crippen LogP contribution in [-0.4, -0.2) is 23.2 Å². The van der Waals surface area contributed by atoms with Crippen molar-refractivity contribution < 1.29 is 19.4 Å². The van der Waals surface area contributed by atoms with E-state index in [0.29, 0.717) is 12.8 Å². The van der Waals surface area contributed by atoms with Gasteiger partial charge in [-0.3, -0.25) is 4.79 Å². The number of nitrogens with one attached hydrogen (secondary N) is 1. The van der Waals surface area contributed by atoms with Crippen molar-refractivity contribution in [3.63, 3.8) is 0 Å². The molecular weight excluding hydrogens is 258 g/mol. The minimum absolute atomic E-state index is 0.174. The second-order valence-electron chi connectivity index (χ2n) is 4.70. The maximum atomic E-state index is 11.7. The SMILES string of the molecule is O=C(N[C@@H]1CC=CCC1C(=O)O)OCc1ccccc1. The molecule has 1 amide bonds. The summed E-state index contributed by atoms with van der Waals surface area (Å²) in [5, 5.41) is 11.7. The number of alkyl carbamates (subject to hydrolysis) is 1. The van der Waals surface area contributed by atoms with Gasteiger partial charge in [-0.25, -0.2) is 4.79 Å². The molecule has 5 nitrogen and oxygen atoms in total. The summed E-state index contributed by atoms with van der Waals surface area (Å²) in [7, 11) is 0. The third-order valence-corrected chi connectivity index (χ3v) is 3.27. The van der Waals surface area contributed by atoms with E-state index in [2.05, 4.69) is 5.32 Å². The molecule has 0 saturated carbocycles. The zero-order chi connectivity index (χ0) is 14.4. The standard InChI is InChI=1S/C15H17NO4/c17-14(18)12-8-4-5-9-13(12)16-15(19)20-10-11-6-2-1-3-7-11/h1-7,12-13H,8-10H2,(H,16,19)(H,17,18)/t12?,13-/m1/s1. The molecule has 5 heteroatoms. The fourth-order valence-corrected chi connectivity index (χ4v) is 2.16. The highest BCUT2D eigenvalue weighted by atomic mass is 16.5. The number of rotatable bonds is 4. The monoisotopic (exact) mass is 275 g/mol. The van der Waals surface area contributed by atoms with Gasteiger partial charge < -0.3 is 15.2 Å². The lowest BCUT2D eigenvalue weighted by Crippen LogP contribution is -2.44. The first-order valence-electron chi connectivity index (χ1n) is 6.52. The second-order valence-corrected chi connectivity index (χ2v) is 4.70. The van der Waals surface area contributed by atoms with E-state index in [1.807, 2.05) is 42.5 Å². The van der Waals surface area contributed by atoms with Gasteiger partial charge in [-0.15, -0.1) is 0 Å². The fourth-order valence-electron chi connectivity index (χ4n) is 2.16. The largest absolute Gasteiger partial charge is 0.481 e. The maximum Gasteiger partial charge on any atom is 0.407 e. The molecule has 0 heterocycles. The normalized spacial score (nSPS) is 21.2. The Bertz CT molecular complexity index is 498. The van der Waals surface area contributed by atoms with Crippen molar-refractivity contribution in [3.05, 3.63) is 48.0 Å². The number of allylic oxidation sites excluding steroid dienone is 1. The Morgan fingerprint density at radius 2 is 1.90 bits per heavy atom. The number of amides is 1. The van der Waals surface area contributed by atoms with Gasteiger partial charge in [-0.1, -0.05) is 42.5 Å². The van der Waals surface area contributed by atoms with Gasteiger partial charge in [0.05, 0.1) is 5.92 Å². The number of hydrogen-bond acceptors (Lipinski definition) is 3. The molecule has 2 atom stereocenters. The van der Waals surface area contributed by atoms with E-state index < -0.39 is 24.0 Å². The molecule has 2 N–H and O–H groups in total. The minimum Gasteiger partial charge on any atom is -0.481 e. The van der Waals surface area contributed by atoms with Crippen LogP contribution in [0.3, 0.4) is 0 Å². The molecule has 1 aliphatic rings. The summed E-state index contributed by atoms with van der Waals surface area (Å²) in [5.74, 6) is -1.49. The van der Waals surface area contributed by atoms with Gasteiger partial charge in [0.25, 0.3) is 0 Å². The summed E-state index contributed by atoms with van der Waals surface area (Å²) in [4.78, 5) is 22.8. The van der Waals surface area contributed by atoms with Crippen LogP contribution >= 0.6 is 0 Å². The van der Waals surface area contributed by atoms with E-state index in [1.54, 1.807) is 0 Å². The van der Waals surface area contributed by atoms with Gasteiger partial charge in [0, 0.05) is 6.04 Å². The topological polar surface area (TPSA) is 75.6 Å². The zero-order valence-electron chi connectivity index (χ0n) is 11.0. The predicted molar refractivity (Wildman–Crippen MR) is 73.1 cm³/mol. The number of hydrogen-bond donors (Lipinski definition) is 2. The lowest BCUT2D eigenvalue weighted by atomic mass is 9.89. The molecule has 0 bridgehead atoms. The summed E-state index contributed by atoms with van der Waals surface area (Å²) >= 11 is 0. The van der Waals surface area contributed by atoms with Crippen LogP contribution in [0.15, 0.2) is 42.5 Å². The second kappa shape index (κ2) is 6.75. The van der Waals surface area contributed by atoms with Crippen molar-refractivity contribution in [1.29, 1.82) is 0 Å². The third kappa shape index (κ3) is 3.85. The number of aliphatic carboxylic acids is 1. The molecule has 20 heavy (non-hydrogen) atoms. The van der Waals surface area contributed by atoms with Crippen LogP contribution in [0.2, 0.25) is 0 Å². The van der Waals surface area contributed by atoms with Crippen molar-refractivity contribution in [1.82, 2.24) is 5.32 Å². The quantitative estimate of drug-likeness (QED) is 0.827. The smallest absolute Gasteiger partial charge is 0.407 e. The number of carbonyl (C=O) groups excluding carboxylic acids is 1. The van der Waals surface area contributed by atoms with Crippen LogP contribution in [0.4, 0.5) is 4.79 Å². The molecule has 0 spiro atoms. The highest BCUT2D eigenvalue weighted by molar-refractivity contribution is 5.74. The highest BCUT2D eigenvalue weighted by Crippen LogP contribution is 2.19. The molecule has 0 aromatic heterocycles. The van der Waals surface area contributed by atoms with Crippen molar-refractivity contribution in [2.24, 2.45) is 5.92 Å². The first kappa shape index (κ1) is 14.1. The number of carboxylic acid groups (broad SMARTS) is 1. The third-order valence-electron chi connectivity index (χ3n) is 3.27. The number of carboxylic acids is 1. The zero-order valence-corrected chi connectivity index (χ0v) is 11.0. The number of carbonyl (C=O) groups is 2. The van der Waals surface area contributed by atoms with Gasteiger partial charge in [0.1, 0.15) is 6.61 Å². The first-order valence-corrected chi connectivity index (χ1v) is 6.52. The summed E-state index contributed by atoms with van der Waals surface area (Å²) in [6.07, 6.45) is 4.06. The van der Waals surface area contributed by atoms with Gasteiger partial charge in [0.2, 0.25) is 0 Å². The molecule has 106 valence electrons. The Kier molecular flexibility index (Phi) is 4.76. The molecule has 1 aliphatic carbocycles. The van der Waals surface area contributed by atoms with Crippen LogP contribution in [-0.2, 0) is 16.1 Å². The molecule has 1 unspecified atom stereocenters. The van der Waals surface area contributed by atoms with Crippen molar-refractivity contribution in [2.45, 2.75) is 25.5 Å². The van der Waals surface area contributed by atoms with Crippen LogP contribution < -0.4 is 5.32 Å². The van der Waals surface area contributed by atoms with Crippen molar-refractivity contribution >= 4 is 12.1 Å².